The normalized spacial score (nSPS) is 20.2. The van der Waals surface area contributed by atoms with Crippen molar-refractivity contribution < 1.29 is 13.5 Å². The first-order valence-corrected chi connectivity index (χ1v) is 8.66. The number of phenols is 1. The molecule has 21 heavy (non-hydrogen) atoms. The van der Waals surface area contributed by atoms with E-state index in [0.29, 0.717) is 13.1 Å². The van der Waals surface area contributed by atoms with Crippen LogP contribution in [0.4, 0.5) is 5.69 Å². The molecule has 1 aliphatic heterocycles. The molecular formula is C14H23N3O3S. The molecule has 0 saturated carbocycles. The number of sulfonamides is 1. The molecule has 1 unspecified atom stereocenters. The predicted octanol–water partition coefficient (Wildman–Crippen LogP) is 1.08. The maximum Gasteiger partial charge on any atom is 0.243 e. The van der Waals surface area contributed by atoms with Crippen LogP contribution in [0.25, 0.3) is 0 Å². The molecule has 0 spiro atoms. The highest BCUT2D eigenvalue weighted by atomic mass is 32.2. The third kappa shape index (κ3) is 3.14. The second-order valence-corrected chi connectivity index (χ2v) is 7.19. The van der Waals surface area contributed by atoms with Gasteiger partial charge < -0.3 is 10.8 Å². The van der Waals surface area contributed by atoms with E-state index >= 15 is 0 Å². The summed E-state index contributed by atoms with van der Waals surface area (Å²) in [5.41, 5.74) is 5.67. The molecule has 2 rings (SSSR count). The Morgan fingerprint density at radius 2 is 2.05 bits per heavy atom. The number of benzene rings is 1. The standard InChI is InChI=1S/C14H23N3O3S/c1-3-16(4-2)11-7-8-17(10-11)21(19,20)12-5-6-14(18)13(15)9-12/h5-6,9,11,18H,3-4,7-8,10,15H2,1-2H3. The van der Waals surface area contributed by atoms with Crippen molar-refractivity contribution in [1.29, 1.82) is 0 Å². The Morgan fingerprint density at radius 1 is 1.38 bits per heavy atom. The molecule has 1 atom stereocenters. The van der Waals surface area contributed by atoms with Crippen molar-refractivity contribution in [2.45, 2.75) is 31.2 Å². The lowest BCUT2D eigenvalue weighted by atomic mass is 10.2. The lowest BCUT2D eigenvalue weighted by molar-refractivity contribution is 0.224. The molecule has 1 aromatic rings. The van der Waals surface area contributed by atoms with Crippen LogP contribution in [0.1, 0.15) is 20.3 Å². The molecule has 6 nitrogen and oxygen atoms in total. The zero-order chi connectivity index (χ0) is 15.6. The Balaban J connectivity index is 2.19. The van der Waals surface area contributed by atoms with Crippen LogP contribution in [0.5, 0.6) is 5.75 Å². The van der Waals surface area contributed by atoms with Gasteiger partial charge in [0.25, 0.3) is 0 Å². The monoisotopic (exact) mass is 313 g/mol. The summed E-state index contributed by atoms with van der Waals surface area (Å²) >= 11 is 0. The SMILES string of the molecule is CCN(CC)C1CCN(S(=O)(=O)c2ccc(O)c(N)c2)C1. The highest BCUT2D eigenvalue weighted by Gasteiger charge is 2.34. The van der Waals surface area contributed by atoms with E-state index in [1.165, 1.54) is 22.5 Å². The molecular weight excluding hydrogens is 290 g/mol. The fourth-order valence-corrected chi connectivity index (χ4v) is 4.34. The first-order valence-electron chi connectivity index (χ1n) is 7.22. The number of aromatic hydroxyl groups is 1. The largest absolute Gasteiger partial charge is 0.506 e. The van der Waals surface area contributed by atoms with Crippen LogP contribution in [-0.2, 0) is 10.0 Å². The van der Waals surface area contributed by atoms with Crippen LogP contribution < -0.4 is 5.73 Å². The van der Waals surface area contributed by atoms with Crippen molar-refractivity contribution in [3.8, 4) is 5.75 Å². The minimum Gasteiger partial charge on any atom is -0.506 e. The second-order valence-electron chi connectivity index (χ2n) is 5.25. The summed E-state index contributed by atoms with van der Waals surface area (Å²) in [5.74, 6) is -0.101. The molecule has 0 bridgehead atoms. The summed E-state index contributed by atoms with van der Waals surface area (Å²) in [6.07, 6.45) is 0.842. The molecule has 0 aliphatic carbocycles. The number of nitrogen functional groups attached to an aromatic ring is 1. The summed E-state index contributed by atoms with van der Waals surface area (Å²) in [6, 6.07) is 4.30. The Hall–Kier alpha value is -1.31. The van der Waals surface area contributed by atoms with Crippen molar-refractivity contribution >= 4 is 15.7 Å². The fourth-order valence-electron chi connectivity index (χ4n) is 2.81. The van der Waals surface area contributed by atoms with Gasteiger partial charge in [-0.3, -0.25) is 4.90 Å². The number of hydrogen-bond donors (Lipinski definition) is 2. The quantitative estimate of drug-likeness (QED) is 0.627. The van der Waals surface area contributed by atoms with Gasteiger partial charge in [0.15, 0.2) is 0 Å². The minimum atomic E-state index is -3.55. The average molecular weight is 313 g/mol. The molecule has 0 radical (unpaired) electrons. The summed E-state index contributed by atoms with van der Waals surface area (Å²) in [7, 11) is -3.55. The third-order valence-corrected chi connectivity index (χ3v) is 5.95. The van der Waals surface area contributed by atoms with Gasteiger partial charge in [-0.1, -0.05) is 13.8 Å². The van der Waals surface area contributed by atoms with E-state index in [0.717, 1.165) is 19.5 Å². The molecule has 1 fully saturated rings. The van der Waals surface area contributed by atoms with Gasteiger partial charge in [0, 0.05) is 19.1 Å². The van der Waals surface area contributed by atoms with Gasteiger partial charge in [0.05, 0.1) is 10.6 Å². The van der Waals surface area contributed by atoms with Gasteiger partial charge in [0.1, 0.15) is 5.75 Å². The third-order valence-electron chi connectivity index (χ3n) is 4.09. The van der Waals surface area contributed by atoms with E-state index in [1.54, 1.807) is 0 Å². The molecule has 7 heteroatoms. The summed E-state index contributed by atoms with van der Waals surface area (Å²) < 4.78 is 26.7. The van der Waals surface area contributed by atoms with Crippen molar-refractivity contribution in [2.24, 2.45) is 0 Å². The van der Waals surface area contributed by atoms with E-state index in [1.807, 2.05) is 0 Å². The highest BCUT2D eigenvalue weighted by molar-refractivity contribution is 7.89. The topological polar surface area (TPSA) is 86.9 Å². The van der Waals surface area contributed by atoms with Gasteiger partial charge >= 0.3 is 0 Å². The van der Waals surface area contributed by atoms with Crippen LogP contribution in [0.15, 0.2) is 23.1 Å². The van der Waals surface area contributed by atoms with Gasteiger partial charge in [-0.05, 0) is 37.7 Å². The Kier molecular flexibility index (Phi) is 4.75. The average Bonchev–Trinajstić information content (AvgIpc) is 2.93. The molecule has 1 heterocycles. The van der Waals surface area contributed by atoms with E-state index < -0.39 is 10.0 Å². The maximum absolute atomic E-state index is 12.6. The van der Waals surface area contributed by atoms with Crippen LogP contribution in [0.3, 0.4) is 0 Å². The summed E-state index contributed by atoms with van der Waals surface area (Å²) in [6.45, 7) is 7.03. The first kappa shape index (κ1) is 16.1. The number of nitrogens with zero attached hydrogens (tertiary/aromatic N) is 2. The Labute approximate surface area is 126 Å². The van der Waals surface area contributed by atoms with Crippen molar-refractivity contribution in [3.63, 3.8) is 0 Å². The molecule has 1 aliphatic rings. The summed E-state index contributed by atoms with van der Waals surface area (Å²) in [5, 5.41) is 9.41. The zero-order valence-corrected chi connectivity index (χ0v) is 13.3. The molecule has 0 amide bonds. The first-order chi connectivity index (χ1) is 9.90. The number of likely N-dealkylation sites (N-methyl/N-ethyl adjacent to an activating group) is 1. The number of nitrogens with two attached hydrogens (primary N) is 1. The van der Waals surface area contributed by atoms with Crippen LogP contribution in [0, 0.1) is 0 Å². The molecule has 3 N–H and O–H groups in total. The summed E-state index contributed by atoms with van der Waals surface area (Å²) in [4.78, 5) is 2.42. The van der Waals surface area contributed by atoms with Crippen molar-refractivity contribution in [3.05, 3.63) is 18.2 Å². The predicted molar refractivity (Wildman–Crippen MR) is 82.6 cm³/mol. The van der Waals surface area contributed by atoms with Gasteiger partial charge in [-0.25, -0.2) is 8.42 Å². The minimum absolute atomic E-state index is 0.0792. The lowest BCUT2D eigenvalue weighted by Gasteiger charge is -2.26. The van der Waals surface area contributed by atoms with E-state index in [-0.39, 0.29) is 22.4 Å². The number of hydrogen-bond acceptors (Lipinski definition) is 5. The van der Waals surface area contributed by atoms with Gasteiger partial charge in [0.2, 0.25) is 10.0 Å². The Bertz CT molecular complexity index is 599. The van der Waals surface area contributed by atoms with Gasteiger partial charge in [-0.15, -0.1) is 0 Å². The van der Waals surface area contributed by atoms with Gasteiger partial charge in [-0.2, -0.15) is 4.31 Å². The molecule has 1 saturated heterocycles. The fraction of sp³-hybridized carbons (Fsp3) is 0.571. The lowest BCUT2D eigenvalue weighted by Crippen LogP contribution is -2.38. The Morgan fingerprint density at radius 3 is 2.62 bits per heavy atom. The van der Waals surface area contributed by atoms with E-state index in [2.05, 4.69) is 18.7 Å². The van der Waals surface area contributed by atoms with Crippen molar-refractivity contribution in [2.75, 3.05) is 31.9 Å². The number of phenolic OH excluding ortho intramolecular Hbond substituents is 1. The molecule has 1 aromatic carbocycles. The van der Waals surface area contributed by atoms with Crippen LogP contribution >= 0.6 is 0 Å². The zero-order valence-electron chi connectivity index (χ0n) is 12.5. The number of rotatable bonds is 5. The van der Waals surface area contributed by atoms with E-state index in [9.17, 15) is 13.5 Å². The van der Waals surface area contributed by atoms with Crippen molar-refractivity contribution in [1.82, 2.24) is 9.21 Å². The second kappa shape index (κ2) is 6.21. The molecule has 0 aromatic heterocycles. The highest BCUT2D eigenvalue weighted by Crippen LogP contribution is 2.28. The van der Waals surface area contributed by atoms with E-state index in [4.69, 9.17) is 5.73 Å². The smallest absolute Gasteiger partial charge is 0.243 e. The van der Waals surface area contributed by atoms with Crippen LogP contribution in [-0.4, -0.2) is 55.0 Å². The van der Waals surface area contributed by atoms with Crippen LogP contribution in [0.2, 0.25) is 0 Å². The molecule has 118 valence electrons. The number of anilines is 1. The maximum atomic E-state index is 12.6.